The van der Waals surface area contributed by atoms with Crippen LogP contribution in [-0.4, -0.2) is 14.7 Å². The Morgan fingerprint density at radius 2 is 2.30 bits per heavy atom. The monoisotopic (exact) mass is 166 g/mol. The van der Waals surface area contributed by atoms with E-state index in [0.717, 1.165) is 6.42 Å². The highest BCUT2D eigenvalue weighted by molar-refractivity contribution is 7.74. The van der Waals surface area contributed by atoms with Gasteiger partial charge in [-0.2, -0.15) is 4.21 Å². The second-order valence-electron chi connectivity index (χ2n) is 1.78. The zero-order chi connectivity index (χ0) is 7.98. The second kappa shape index (κ2) is 5.37. The maximum atomic E-state index is 10.4. The third-order valence-corrected chi connectivity index (χ3v) is 1.23. The predicted octanol–water partition coefficient (Wildman–Crippen LogP) is 0.857. The zero-order valence-corrected chi connectivity index (χ0v) is 6.52. The molecule has 0 amide bonds. The molecule has 4 nitrogen and oxygen atoms in total. The molecule has 1 unspecified atom stereocenters. The highest BCUT2D eigenvalue weighted by atomic mass is 32.2. The summed E-state index contributed by atoms with van der Waals surface area (Å²) < 4.78 is 21.8. The van der Waals surface area contributed by atoms with Crippen molar-refractivity contribution in [2.75, 3.05) is 0 Å². The lowest BCUT2D eigenvalue weighted by Crippen LogP contribution is -2.05. The fourth-order valence-electron chi connectivity index (χ4n) is 0.442. The van der Waals surface area contributed by atoms with Crippen LogP contribution in [0.1, 0.15) is 26.2 Å². The first-order valence-corrected chi connectivity index (χ1v) is 4.02. The first-order chi connectivity index (χ1) is 4.66. The number of carbonyl (C=O) groups excluding carboxylic acids is 1. The topological polar surface area (TPSA) is 63.6 Å². The van der Waals surface area contributed by atoms with Crippen LogP contribution in [0.4, 0.5) is 0 Å². The third-order valence-electron chi connectivity index (χ3n) is 0.899. The van der Waals surface area contributed by atoms with Gasteiger partial charge in [0.2, 0.25) is 0 Å². The fourth-order valence-corrected chi connectivity index (χ4v) is 0.685. The van der Waals surface area contributed by atoms with E-state index >= 15 is 0 Å². The Balaban J connectivity index is 3.35. The van der Waals surface area contributed by atoms with Crippen LogP contribution in [0.15, 0.2) is 0 Å². The summed E-state index contributed by atoms with van der Waals surface area (Å²) in [4.78, 5) is 10.4. The van der Waals surface area contributed by atoms with Gasteiger partial charge < -0.3 is 4.18 Å². The molecule has 0 bridgehead atoms. The van der Waals surface area contributed by atoms with Crippen molar-refractivity contribution in [1.29, 1.82) is 0 Å². The molecule has 1 atom stereocenters. The summed E-state index contributed by atoms with van der Waals surface area (Å²) in [5.74, 6) is -0.623. The Hall–Kier alpha value is -0.420. The largest absolute Gasteiger partial charge is 0.360 e. The van der Waals surface area contributed by atoms with Crippen molar-refractivity contribution in [2.24, 2.45) is 0 Å². The van der Waals surface area contributed by atoms with Gasteiger partial charge in [0.1, 0.15) is 0 Å². The highest BCUT2D eigenvalue weighted by Crippen LogP contribution is 1.96. The van der Waals surface area contributed by atoms with E-state index in [1.54, 1.807) is 0 Å². The van der Waals surface area contributed by atoms with Crippen molar-refractivity contribution >= 4 is 17.3 Å². The Morgan fingerprint density at radius 1 is 1.70 bits per heavy atom. The van der Waals surface area contributed by atoms with Crippen LogP contribution in [0.25, 0.3) is 0 Å². The first kappa shape index (κ1) is 9.58. The normalized spacial score (nSPS) is 12.6. The van der Waals surface area contributed by atoms with Crippen LogP contribution in [0.5, 0.6) is 0 Å². The summed E-state index contributed by atoms with van der Waals surface area (Å²) in [5, 5.41) is 0. The van der Waals surface area contributed by atoms with Gasteiger partial charge in [-0.15, -0.1) is 0 Å². The van der Waals surface area contributed by atoms with Crippen LogP contribution in [0.2, 0.25) is 0 Å². The van der Waals surface area contributed by atoms with Gasteiger partial charge in [-0.3, -0.25) is 9.35 Å². The van der Waals surface area contributed by atoms with Gasteiger partial charge in [0.25, 0.3) is 0 Å². The summed E-state index contributed by atoms with van der Waals surface area (Å²) in [7, 11) is 0. The van der Waals surface area contributed by atoms with Gasteiger partial charge in [-0.05, 0) is 6.42 Å². The molecule has 0 aromatic rings. The molecule has 60 valence electrons. The number of hydrogen-bond donors (Lipinski definition) is 1. The van der Waals surface area contributed by atoms with E-state index in [9.17, 15) is 9.00 Å². The van der Waals surface area contributed by atoms with Gasteiger partial charge in [0, 0.05) is 6.42 Å². The highest BCUT2D eigenvalue weighted by Gasteiger charge is 2.04. The van der Waals surface area contributed by atoms with E-state index in [-0.39, 0.29) is 6.42 Å². The molecule has 0 saturated carbocycles. The molecule has 10 heavy (non-hydrogen) atoms. The molecule has 0 heterocycles. The molecule has 0 aliphatic rings. The molecule has 0 radical (unpaired) electrons. The fraction of sp³-hybridized carbons (Fsp3) is 0.800. The maximum Gasteiger partial charge on any atom is 0.360 e. The van der Waals surface area contributed by atoms with E-state index in [1.807, 2.05) is 6.92 Å². The number of hydrogen-bond acceptors (Lipinski definition) is 3. The summed E-state index contributed by atoms with van der Waals surface area (Å²) in [6, 6.07) is 0. The third kappa shape index (κ3) is 5.71. The molecule has 0 aliphatic heterocycles. The predicted molar refractivity (Wildman–Crippen MR) is 36.4 cm³/mol. The van der Waals surface area contributed by atoms with Crippen LogP contribution < -0.4 is 0 Å². The van der Waals surface area contributed by atoms with Crippen LogP contribution in [-0.2, 0) is 20.3 Å². The minimum atomic E-state index is -2.45. The molecule has 5 heteroatoms. The molecule has 0 fully saturated rings. The minimum absolute atomic E-state index is 0.211. The molecule has 0 spiro atoms. The Labute approximate surface area is 62.1 Å². The average Bonchev–Trinajstić information content (AvgIpc) is 1.82. The van der Waals surface area contributed by atoms with Crippen LogP contribution >= 0.6 is 0 Å². The Kier molecular flexibility index (Phi) is 5.15. The average molecular weight is 166 g/mol. The van der Waals surface area contributed by atoms with E-state index < -0.39 is 17.3 Å². The van der Waals surface area contributed by atoms with Crippen LogP contribution in [0, 0.1) is 0 Å². The Morgan fingerprint density at radius 3 is 2.70 bits per heavy atom. The minimum Gasteiger partial charge on any atom is -0.343 e. The lowest BCUT2D eigenvalue weighted by atomic mass is 10.3. The van der Waals surface area contributed by atoms with E-state index in [1.165, 1.54) is 0 Å². The molecule has 0 aliphatic carbocycles. The SMILES string of the molecule is CCCCC(=O)OS(=O)O. The molecule has 0 aromatic carbocycles. The zero-order valence-electron chi connectivity index (χ0n) is 5.70. The van der Waals surface area contributed by atoms with Crippen molar-refractivity contribution in [2.45, 2.75) is 26.2 Å². The van der Waals surface area contributed by atoms with Gasteiger partial charge in [0.05, 0.1) is 0 Å². The molecular weight excluding hydrogens is 156 g/mol. The summed E-state index contributed by atoms with van der Waals surface area (Å²) >= 11 is -2.45. The van der Waals surface area contributed by atoms with Gasteiger partial charge in [-0.25, -0.2) is 0 Å². The van der Waals surface area contributed by atoms with Crippen molar-refractivity contribution in [3.8, 4) is 0 Å². The molecular formula is C5H10O4S. The van der Waals surface area contributed by atoms with Gasteiger partial charge in [0.15, 0.2) is 0 Å². The standard InChI is InChI=1S/C5H10O4S/c1-2-3-4-5(6)9-10(7)8/h2-4H2,1H3,(H,7,8). The van der Waals surface area contributed by atoms with Crippen LogP contribution in [0.3, 0.4) is 0 Å². The van der Waals surface area contributed by atoms with E-state index in [0.29, 0.717) is 6.42 Å². The van der Waals surface area contributed by atoms with Gasteiger partial charge in [-0.1, -0.05) is 13.3 Å². The molecule has 0 saturated heterocycles. The lowest BCUT2D eigenvalue weighted by molar-refractivity contribution is -0.134. The number of carbonyl (C=O) groups is 1. The Bertz CT molecular complexity index is 134. The van der Waals surface area contributed by atoms with Crippen molar-refractivity contribution in [3.05, 3.63) is 0 Å². The summed E-state index contributed by atoms with van der Waals surface area (Å²) in [6.07, 6.45) is 1.77. The maximum absolute atomic E-state index is 10.4. The second-order valence-corrected chi connectivity index (χ2v) is 2.38. The summed E-state index contributed by atoms with van der Waals surface area (Å²) in [6.45, 7) is 1.92. The van der Waals surface area contributed by atoms with E-state index in [2.05, 4.69) is 4.18 Å². The number of unbranched alkanes of at least 4 members (excludes halogenated alkanes) is 1. The molecule has 0 aromatic heterocycles. The lowest BCUT2D eigenvalue weighted by Gasteiger charge is -1.95. The molecule has 0 rings (SSSR count). The first-order valence-electron chi connectivity index (χ1n) is 2.98. The molecule has 1 N–H and O–H groups in total. The quantitative estimate of drug-likeness (QED) is 0.629. The summed E-state index contributed by atoms with van der Waals surface area (Å²) in [5.41, 5.74) is 0. The smallest absolute Gasteiger partial charge is 0.343 e. The van der Waals surface area contributed by atoms with Crippen molar-refractivity contribution < 1.29 is 17.7 Å². The van der Waals surface area contributed by atoms with Gasteiger partial charge >= 0.3 is 17.3 Å². The number of rotatable bonds is 4. The van der Waals surface area contributed by atoms with Crippen molar-refractivity contribution in [1.82, 2.24) is 0 Å². The van der Waals surface area contributed by atoms with E-state index in [4.69, 9.17) is 4.55 Å². The van der Waals surface area contributed by atoms with Crippen molar-refractivity contribution in [3.63, 3.8) is 0 Å².